The van der Waals surface area contributed by atoms with Crippen LogP contribution < -0.4 is 10.6 Å². The second kappa shape index (κ2) is 9.19. The van der Waals surface area contributed by atoms with Crippen LogP contribution in [-0.2, 0) is 9.53 Å². The van der Waals surface area contributed by atoms with E-state index in [0.717, 1.165) is 25.9 Å². The SMILES string of the molecule is CCCCCOCC(=O)NCC1=CCNCC1. The fourth-order valence-electron chi connectivity index (χ4n) is 1.71. The number of ether oxygens (including phenoxy) is 1. The van der Waals surface area contributed by atoms with E-state index in [4.69, 9.17) is 4.74 Å². The zero-order valence-electron chi connectivity index (χ0n) is 10.8. The van der Waals surface area contributed by atoms with E-state index in [9.17, 15) is 4.79 Å². The molecule has 0 atom stereocenters. The third-order valence-electron chi connectivity index (χ3n) is 2.80. The molecule has 4 heteroatoms. The summed E-state index contributed by atoms with van der Waals surface area (Å²) in [6, 6.07) is 0. The molecule has 1 aliphatic heterocycles. The van der Waals surface area contributed by atoms with Crippen molar-refractivity contribution in [1.82, 2.24) is 10.6 Å². The van der Waals surface area contributed by atoms with E-state index in [1.807, 2.05) is 0 Å². The number of amides is 1. The Kier molecular flexibility index (Phi) is 7.67. The molecule has 0 aromatic heterocycles. The monoisotopic (exact) mass is 240 g/mol. The average Bonchev–Trinajstić information content (AvgIpc) is 2.37. The van der Waals surface area contributed by atoms with E-state index in [-0.39, 0.29) is 12.5 Å². The Balaban J connectivity index is 1.99. The number of hydrogen-bond donors (Lipinski definition) is 2. The zero-order valence-corrected chi connectivity index (χ0v) is 10.8. The maximum absolute atomic E-state index is 11.4. The highest BCUT2D eigenvalue weighted by Gasteiger charge is 2.05. The highest BCUT2D eigenvalue weighted by molar-refractivity contribution is 5.77. The van der Waals surface area contributed by atoms with Gasteiger partial charge < -0.3 is 15.4 Å². The Labute approximate surface area is 104 Å². The first kappa shape index (κ1) is 14.2. The maximum atomic E-state index is 11.4. The molecule has 0 radical (unpaired) electrons. The van der Waals surface area contributed by atoms with Crippen LogP contribution in [0.25, 0.3) is 0 Å². The van der Waals surface area contributed by atoms with E-state index >= 15 is 0 Å². The molecular weight excluding hydrogens is 216 g/mol. The van der Waals surface area contributed by atoms with Crippen molar-refractivity contribution >= 4 is 5.91 Å². The number of unbranched alkanes of at least 4 members (excludes halogenated alkanes) is 2. The van der Waals surface area contributed by atoms with Crippen LogP contribution in [-0.4, -0.2) is 38.8 Å². The smallest absolute Gasteiger partial charge is 0.246 e. The van der Waals surface area contributed by atoms with Crippen molar-refractivity contribution in [2.75, 3.05) is 32.8 Å². The normalized spacial score (nSPS) is 15.5. The average molecular weight is 240 g/mol. The van der Waals surface area contributed by atoms with Crippen LogP contribution in [0.4, 0.5) is 0 Å². The largest absolute Gasteiger partial charge is 0.372 e. The van der Waals surface area contributed by atoms with Gasteiger partial charge in [0.2, 0.25) is 5.91 Å². The first-order valence-corrected chi connectivity index (χ1v) is 6.56. The Morgan fingerprint density at radius 3 is 3.12 bits per heavy atom. The molecule has 0 saturated carbocycles. The zero-order chi connectivity index (χ0) is 12.3. The molecule has 0 bridgehead atoms. The van der Waals surface area contributed by atoms with Crippen molar-refractivity contribution in [2.24, 2.45) is 0 Å². The Hall–Kier alpha value is -0.870. The van der Waals surface area contributed by atoms with Gasteiger partial charge in [0.25, 0.3) is 0 Å². The summed E-state index contributed by atoms with van der Waals surface area (Å²) < 4.78 is 5.29. The lowest BCUT2D eigenvalue weighted by Gasteiger charge is -2.14. The molecule has 17 heavy (non-hydrogen) atoms. The summed E-state index contributed by atoms with van der Waals surface area (Å²) in [6.45, 7) is 5.62. The second-order valence-electron chi connectivity index (χ2n) is 4.35. The molecule has 4 nitrogen and oxygen atoms in total. The number of carbonyl (C=O) groups is 1. The molecule has 0 spiro atoms. The summed E-state index contributed by atoms with van der Waals surface area (Å²) in [7, 11) is 0. The minimum absolute atomic E-state index is 0.0130. The van der Waals surface area contributed by atoms with E-state index in [1.165, 1.54) is 18.4 Å². The van der Waals surface area contributed by atoms with Gasteiger partial charge >= 0.3 is 0 Å². The first-order valence-electron chi connectivity index (χ1n) is 6.56. The molecule has 0 aromatic carbocycles. The second-order valence-corrected chi connectivity index (χ2v) is 4.35. The molecule has 0 aliphatic carbocycles. The molecule has 2 N–H and O–H groups in total. The molecule has 1 amide bonds. The van der Waals surface area contributed by atoms with E-state index in [2.05, 4.69) is 23.6 Å². The van der Waals surface area contributed by atoms with Gasteiger partial charge in [0.1, 0.15) is 6.61 Å². The predicted molar refractivity (Wildman–Crippen MR) is 68.9 cm³/mol. The summed E-state index contributed by atoms with van der Waals surface area (Å²) in [5.74, 6) is -0.0130. The van der Waals surface area contributed by atoms with Gasteiger partial charge in [-0.3, -0.25) is 4.79 Å². The summed E-state index contributed by atoms with van der Waals surface area (Å²) in [5.41, 5.74) is 1.31. The van der Waals surface area contributed by atoms with Gasteiger partial charge in [-0.1, -0.05) is 31.4 Å². The summed E-state index contributed by atoms with van der Waals surface area (Å²) in [4.78, 5) is 11.4. The van der Waals surface area contributed by atoms with Crippen LogP contribution in [0.3, 0.4) is 0 Å². The maximum Gasteiger partial charge on any atom is 0.246 e. The lowest BCUT2D eigenvalue weighted by molar-refractivity contribution is -0.125. The third kappa shape index (κ3) is 7.13. The van der Waals surface area contributed by atoms with Crippen molar-refractivity contribution in [3.63, 3.8) is 0 Å². The van der Waals surface area contributed by atoms with Crippen LogP contribution in [0, 0.1) is 0 Å². The van der Waals surface area contributed by atoms with Crippen LogP contribution >= 0.6 is 0 Å². The minimum Gasteiger partial charge on any atom is -0.372 e. The fraction of sp³-hybridized carbons (Fsp3) is 0.769. The first-order chi connectivity index (χ1) is 8.33. The van der Waals surface area contributed by atoms with Gasteiger partial charge in [0, 0.05) is 19.7 Å². The van der Waals surface area contributed by atoms with Gasteiger partial charge in [0.15, 0.2) is 0 Å². The number of hydrogen-bond acceptors (Lipinski definition) is 3. The van der Waals surface area contributed by atoms with Gasteiger partial charge in [-0.15, -0.1) is 0 Å². The van der Waals surface area contributed by atoms with Crippen LogP contribution in [0.1, 0.15) is 32.6 Å². The third-order valence-corrected chi connectivity index (χ3v) is 2.80. The van der Waals surface area contributed by atoms with E-state index < -0.39 is 0 Å². The summed E-state index contributed by atoms with van der Waals surface area (Å²) >= 11 is 0. The van der Waals surface area contributed by atoms with Crippen LogP contribution in [0.5, 0.6) is 0 Å². The lowest BCUT2D eigenvalue weighted by atomic mass is 10.1. The predicted octanol–water partition coefficient (Wildman–Crippen LogP) is 1.23. The molecule has 0 saturated heterocycles. The molecule has 0 fully saturated rings. The van der Waals surface area contributed by atoms with E-state index in [0.29, 0.717) is 13.2 Å². The van der Waals surface area contributed by atoms with Crippen molar-refractivity contribution in [1.29, 1.82) is 0 Å². The van der Waals surface area contributed by atoms with Gasteiger partial charge in [-0.25, -0.2) is 0 Å². The van der Waals surface area contributed by atoms with Crippen molar-refractivity contribution in [3.8, 4) is 0 Å². The standard InChI is InChI=1S/C13H24N2O2/c1-2-3-4-9-17-11-13(16)15-10-12-5-7-14-8-6-12/h5,14H,2-4,6-11H2,1H3,(H,15,16). The Morgan fingerprint density at radius 2 is 2.41 bits per heavy atom. The van der Waals surface area contributed by atoms with Gasteiger partial charge in [-0.05, 0) is 19.4 Å². The minimum atomic E-state index is -0.0130. The molecule has 98 valence electrons. The van der Waals surface area contributed by atoms with E-state index in [1.54, 1.807) is 0 Å². The molecule has 0 unspecified atom stereocenters. The molecule has 1 heterocycles. The van der Waals surface area contributed by atoms with Crippen LogP contribution in [0.2, 0.25) is 0 Å². The number of carbonyl (C=O) groups excluding carboxylic acids is 1. The van der Waals surface area contributed by atoms with Gasteiger partial charge in [-0.2, -0.15) is 0 Å². The Bertz CT molecular complexity index is 252. The fourth-order valence-corrected chi connectivity index (χ4v) is 1.71. The summed E-state index contributed by atoms with van der Waals surface area (Å²) in [6.07, 6.45) is 6.56. The number of rotatable bonds is 8. The highest BCUT2D eigenvalue weighted by atomic mass is 16.5. The highest BCUT2D eigenvalue weighted by Crippen LogP contribution is 2.01. The molecular formula is C13H24N2O2. The molecule has 0 aromatic rings. The summed E-state index contributed by atoms with van der Waals surface area (Å²) in [5, 5.41) is 6.13. The van der Waals surface area contributed by atoms with Crippen molar-refractivity contribution < 1.29 is 9.53 Å². The van der Waals surface area contributed by atoms with Crippen LogP contribution in [0.15, 0.2) is 11.6 Å². The number of nitrogens with one attached hydrogen (secondary N) is 2. The molecule has 1 aliphatic rings. The quantitative estimate of drug-likeness (QED) is 0.495. The van der Waals surface area contributed by atoms with Gasteiger partial charge in [0.05, 0.1) is 0 Å². The van der Waals surface area contributed by atoms with Crippen molar-refractivity contribution in [3.05, 3.63) is 11.6 Å². The molecule has 1 rings (SSSR count). The topological polar surface area (TPSA) is 50.4 Å². The Morgan fingerprint density at radius 1 is 1.53 bits per heavy atom. The lowest BCUT2D eigenvalue weighted by Crippen LogP contribution is -2.32. The van der Waals surface area contributed by atoms with Crippen molar-refractivity contribution in [2.45, 2.75) is 32.6 Å².